The van der Waals surface area contributed by atoms with Crippen molar-refractivity contribution in [1.29, 1.82) is 0 Å². The molecule has 0 aliphatic carbocycles. The molecule has 1 aromatic carbocycles. The van der Waals surface area contributed by atoms with Crippen molar-refractivity contribution in [3.05, 3.63) is 66.0 Å². The van der Waals surface area contributed by atoms with Crippen molar-refractivity contribution in [2.24, 2.45) is 5.73 Å². The van der Waals surface area contributed by atoms with Gasteiger partial charge in [0.1, 0.15) is 6.10 Å². The standard InChI is InChI=1S/C16H20N2O/c17-13-16(15-10-4-5-11-18-15)19-12-6-9-14-7-2-1-3-8-14/h1-5,7-8,10-11,16H,6,9,12-13,17H2. The quantitative estimate of drug-likeness (QED) is 0.775. The van der Waals surface area contributed by atoms with Gasteiger partial charge < -0.3 is 10.5 Å². The van der Waals surface area contributed by atoms with Gasteiger partial charge in [-0.1, -0.05) is 36.4 Å². The zero-order valence-corrected chi connectivity index (χ0v) is 11.0. The second-order valence-electron chi connectivity index (χ2n) is 4.44. The van der Waals surface area contributed by atoms with Crippen molar-refractivity contribution in [3.63, 3.8) is 0 Å². The van der Waals surface area contributed by atoms with Crippen LogP contribution in [0.4, 0.5) is 0 Å². The van der Waals surface area contributed by atoms with Crippen molar-refractivity contribution in [2.75, 3.05) is 13.2 Å². The highest BCUT2D eigenvalue weighted by atomic mass is 16.5. The molecule has 0 saturated carbocycles. The minimum atomic E-state index is -0.100. The Labute approximate surface area is 114 Å². The van der Waals surface area contributed by atoms with Crippen LogP contribution in [0.15, 0.2) is 54.7 Å². The number of hydrogen-bond donors (Lipinski definition) is 1. The average Bonchev–Trinajstić information content (AvgIpc) is 2.49. The van der Waals surface area contributed by atoms with Gasteiger partial charge in [-0.3, -0.25) is 4.98 Å². The van der Waals surface area contributed by atoms with E-state index in [0.717, 1.165) is 18.5 Å². The van der Waals surface area contributed by atoms with Crippen LogP contribution >= 0.6 is 0 Å². The molecule has 0 spiro atoms. The van der Waals surface area contributed by atoms with Crippen LogP contribution in [0.2, 0.25) is 0 Å². The van der Waals surface area contributed by atoms with Crippen LogP contribution in [0.1, 0.15) is 23.8 Å². The van der Waals surface area contributed by atoms with E-state index >= 15 is 0 Å². The number of benzene rings is 1. The van der Waals surface area contributed by atoms with E-state index < -0.39 is 0 Å². The summed E-state index contributed by atoms with van der Waals surface area (Å²) >= 11 is 0. The van der Waals surface area contributed by atoms with Crippen LogP contribution in [-0.2, 0) is 11.2 Å². The minimum Gasteiger partial charge on any atom is -0.371 e. The van der Waals surface area contributed by atoms with E-state index in [1.165, 1.54) is 5.56 Å². The molecule has 100 valence electrons. The van der Waals surface area contributed by atoms with E-state index in [9.17, 15) is 0 Å². The summed E-state index contributed by atoms with van der Waals surface area (Å²) in [5, 5.41) is 0. The number of aryl methyl sites for hydroxylation is 1. The van der Waals surface area contributed by atoms with E-state index in [4.69, 9.17) is 10.5 Å². The molecule has 0 aliphatic heterocycles. The molecule has 3 nitrogen and oxygen atoms in total. The van der Waals surface area contributed by atoms with Gasteiger partial charge in [-0.15, -0.1) is 0 Å². The summed E-state index contributed by atoms with van der Waals surface area (Å²) < 4.78 is 5.81. The lowest BCUT2D eigenvalue weighted by molar-refractivity contribution is 0.0543. The third kappa shape index (κ3) is 4.47. The SMILES string of the molecule is NCC(OCCCc1ccccc1)c1ccccn1. The Hall–Kier alpha value is -1.71. The fraction of sp³-hybridized carbons (Fsp3) is 0.312. The molecule has 1 aromatic heterocycles. The van der Waals surface area contributed by atoms with E-state index in [1.807, 2.05) is 24.3 Å². The van der Waals surface area contributed by atoms with Crippen LogP contribution in [0.3, 0.4) is 0 Å². The first-order valence-corrected chi connectivity index (χ1v) is 6.66. The Kier molecular flexibility index (Phi) is 5.53. The topological polar surface area (TPSA) is 48.1 Å². The largest absolute Gasteiger partial charge is 0.371 e. The average molecular weight is 256 g/mol. The maximum absolute atomic E-state index is 5.81. The van der Waals surface area contributed by atoms with Crippen molar-refractivity contribution < 1.29 is 4.74 Å². The number of aromatic nitrogens is 1. The Morgan fingerprint density at radius 2 is 1.84 bits per heavy atom. The summed E-state index contributed by atoms with van der Waals surface area (Å²) in [4.78, 5) is 4.28. The molecular formula is C16H20N2O. The van der Waals surface area contributed by atoms with Crippen LogP contribution in [0.25, 0.3) is 0 Å². The Balaban J connectivity index is 1.75. The molecule has 1 atom stereocenters. The van der Waals surface area contributed by atoms with Crippen LogP contribution in [-0.4, -0.2) is 18.1 Å². The third-order valence-electron chi connectivity index (χ3n) is 3.00. The first-order valence-electron chi connectivity index (χ1n) is 6.66. The van der Waals surface area contributed by atoms with Crippen LogP contribution in [0, 0.1) is 0 Å². The van der Waals surface area contributed by atoms with Crippen LogP contribution < -0.4 is 5.73 Å². The summed E-state index contributed by atoms with van der Waals surface area (Å²) in [5.41, 5.74) is 7.98. The maximum Gasteiger partial charge on any atom is 0.112 e. The highest BCUT2D eigenvalue weighted by molar-refractivity contribution is 5.14. The Bertz CT molecular complexity index is 459. The number of rotatable bonds is 7. The molecule has 1 heterocycles. The van der Waals surface area contributed by atoms with E-state index in [-0.39, 0.29) is 6.10 Å². The van der Waals surface area contributed by atoms with Gasteiger partial charge in [-0.25, -0.2) is 0 Å². The first-order chi connectivity index (χ1) is 9.40. The molecule has 0 aliphatic rings. The number of ether oxygens (including phenoxy) is 1. The molecule has 0 radical (unpaired) electrons. The van der Waals surface area contributed by atoms with Gasteiger partial charge in [0.25, 0.3) is 0 Å². The van der Waals surface area contributed by atoms with Gasteiger partial charge in [0.2, 0.25) is 0 Å². The van der Waals surface area contributed by atoms with Gasteiger partial charge in [0.05, 0.1) is 5.69 Å². The number of hydrogen-bond acceptors (Lipinski definition) is 3. The fourth-order valence-electron chi connectivity index (χ4n) is 1.99. The lowest BCUT2D eigenvalue weighted by Gasteiger charge is -2.15. The van der Waals surface area contributed by atoms with Gasteiger partial charge in [-0.2, -0.15) is 0 Å². The van der Waals surface area contributed by atoms with E-state index in [2.05, 4.69) is 29.2 Å². The van der Waals surface area contributed by atoms with Gasteiger partial charge in [-0.05, 0) is 30.5 Å². The normalized spacial score (nSPS) is 12.3. The summed E-state index contributed by atoms with van der Waals surface area (Å²) in [6.45, 7) is 1.16. The third-order valence-corrected chi connectivity index (χ3v) is 3.00. The predicted molar refractivity (Wildman–Crippen MR) is 76.7 cm³/mol. The summed E-state index contributed by atoms with van der Waals surface area (Å²) in [7, 11) is 0. The molecule has 2 rings (SSSR count). The lowest BCUT2D eigenvalue weighted by atomic mass is 10.1. The van der Waals surface area contributed by atoms with Crippen molar-refractivity contribution in [2.45, 2.75) is 18.9 Å². The maximum atomic E-state index is 5.81. The lowest BCUT2D eigenvalue weighted by Crippen LogP contribution is -2.17. The Morgan fingerprint density at radius 1 is 1.05 bits per heavy atom. The monoisotopic (exact) mass is 256 g/mol. The second-order valence-corrected chi connectivity index (χ2v) is 4.44. The molecular weight excluding hydrogens is 236 g/mol. The Morgan fingerprint density at radius 3 is 2.53 bits per heavy atom. The first kappa shape index (κ1) is 13.7. The summed E-state index contributed by atoms with van der Waals surface area (Å²) in [6, 6.07) is 16.2. The van der Waals surface area contributed by atoms with Crippen molar-refractivity contribution >= 4 is 0 Å². The number of nitrogens with two attached hydrogens (primary N) is 1. The summed E-state index contributed by atoms with van der Waals surface area (Å²) in [6.07, 6.45) is 3.69. The molecule has 0 fully saturated rings. The number of nitrogens with zero attached hydrogens (tertiary/aromatic N) is 1. The van der Waals surface area contributed by atoms with E-state index in [0.29, 0.717) is 13.2 Å². The fourth-order valence-corrected chi connectivity index (χ4v) is 1.99. The predicted octanol–water partition coefficient (Wildman–Crippen LogP) is 2.73. The molecule has 19 heavy (non-hydrogen) atoms. The number of pyridine rings is 1. The highest BCUT2D eigenvalue weighted by Gasteiger charge is 2.10. The van der Waals surface area contributed by atoms with Gasteiger partial charge >= 0.3 is 0 Å². The molecule has 0 saturated heterocycles. The molecule has 3 heteroatoms. The molecule has 1 unspecified atom stereocenters. The smallest absolute Gasteiger partial charge is 0.112 e. The summed E-state index contributed by atoms with van der Waals surface area (Å²) in [5.74, 6) is 0. The zero-order valence-electron chi connectivity index (χ0n) is 11.0. The van der Waals surface area contributed by atoms with E-state index in [1.54, 1.807) is 6.20 Å². The highest BCUT2D eigenvalue weighted by Crippen LogP contribution is 2.13. The van der Waals surface area contributed by atoms with Crippen molar-refractivity contribution in [1.82, 2.24) is 4.98 Å². The van der Waals surface area contributed by atoms with Gasteiger partial charge in [0.15, 0.2) is 0 Å². The van der Waals surface area contributed by atoms with Gasteiger partial charge in [0, 0.05) is 19.3 Å². The molecule has 2 N–H and O–H groups in total. The van der Waals surface area contributed by atoms with Crippen LogP contribution in [0.5, 0.6) is 0 Å². The molecule has 0 amide bonds. The van der Waals surface area contributed by atoms with Crippen molar-refractivity contribution in [3.8, 4) is 0 Å². The minimum absolute atomic E-state index is 0.100. The molecule has 0 bridgehead atoms. The molecule has 2 aromatic rings. The second kappa shape index (κ2) is 7.67. The zero-order chi connectivity index (χ0) is 13.3.